The third-order valence-electron chi connectivity index (χ3n) is 2.41. The first-order valence-electron chi connectivity index (χ1n) is 5.93. The van der Waals surface area contributed by atoms with Crippen LogP contribution < -0.4 is 10.1 Å². The van der Waals surface area contributed by atoms with Crippen LogP contribution in [0.4, 0.5) is 4.79 Å². The van der Waals surface area contributed by atoms with Gasteiger partial charge in [-0.3, -0.25) is 0 Å². The number of carbonyl (C=O) groups excluding carboxylic acids is 1. The maximum atomic E-state index is 11.6. The Balaban J connectivity index is 2.15. The number of fused-ring (bicyclic) bond motifs is 1. The minimum Gasteiger partial charge on any atom is -0.410 e. The Morgan fingerprint density at radius 2 is 1.72 bits per heavy atom. The lowest BCUT2D eigenvalue weighted by atomic mass is 10.1. The number of carbonyl (C=O) groups is 1. The van der Waals surface area contributed by atoms with Crippen LogP contribution in [0.25, 0.3) is 10.8 Å². The smallest absolute Gasteiger partial charge is 0.410 e. The number of rotatable bonds is 1. The van der Waals surface area contributed by atoms with Crippen molar-refractivity contribution in [2.75, 3.05) is 0 Å². The summed E-state index contributed by atoms with van der Waals surface area (Å²) in [4.78, 5) is 11.6. The van der Waals surface area contributed by atoms with Gasteiger partial charge in [-0.1, -0.05) is 30.3 Å². The van der Waals surface area contributed by atoms with Crippen LogP contribution in [-0.4, -0.2) is 11.6 Å². The molecule has 0 bridgehead atoms. The normalized spacial score (nSPS) is 11.3. The molecule has 1 amide bonds. The van der Waals surface area contributed by atoms with Gasteiger partial charge in [0.05, 0.1) is 0 Å². The highest BCUT2D eigenvalue weighted by Gasteiger charge is 2.15. The van der Waals surface area contributed by atoms with Crippen LogP contribution in [0.5, 0.6) is 5.75 Å². The van der Waals surface area contributed by atoms with Gasteiger partial charge >= 0.3 is 6.09 Å². The van der Waals surface area contributed by atoms with E-state index in [9.17, 15) is 4.79 Å². The standard InChI is InChI=1S/C15H17NO2/c1-15(2,3)16-14(17)18-13-9-8-11-6-4-5-7-12(11)10-13/h4-10H,1-3H3,(H,16,17). The summed E-state index contributed by atoms with van der Waals surface area (Å²) in [5.41, 5.74) is -0.298. The second-order valence-corrected chi connectivity index (χ2v) is 5.27. The monoisotopic (exact) mass is 243 g/mol. The highest BCUT2D eigenvalue weighted by atomic mass is 16.6. The van der Waals surface area contributed by atoms with E-state index >= 15 is 0 Å². The topological polar surface area (TPSA) is 38.3 Å². The lowest BCUT2D eigenvalue weighted by Crippen LogP contribution is -2.42. The molecule has 94 valence electrons. The molecule has 18 heavy (non-hydrogen) atoms. The molecule has 0 fully saturated rings. The predicted molar refractivity (Wildman–Crippen MR) is 72.9 cm³/mol. The number of benzene rings is 2. The molecule has 0 aliphatic carbocycles. The minimum absolute atomic E-state index is 0.298. The third kappa shape index (κ3) is 3.23. The molecule has 2 aromatic carbocycles. The van der Waals surface area contributed by atoms with E-state index in [4.69, 9.17) is 4.74 Å². The second kappa shape index (κ2) is 4.69. The van der Waals surface area contributed by atoms with Gasteiger partial charge in [-0.15, -0.1) is 0 Å². The van der Waals surface area contributed by atoms with E-state index in [1.54, 1.807) is 6.07 Å². The maximum Gasteiger partial charge on any atom is 0.413 e. The Kier molecular flexibility index (Phi) is 3.24. The molecule has 2 rings (SSSR count). The Morgan fingerprint density at radius 3 is 2.39 bits per heavy atom. The SMILES string of the molecule is CC(C)(C)NC(=O)Oc1ccc2ccccc2c1. The zero-order valence-corrected chi connectivity index (χ0v) is 10.9. The minimum atomic E-state index is -0.433. The molecule has 0 heterocycles. The average molecular weight is 243 g/mol. The molecule has 2 aromatic rings. The molecular formula is C15H17NO2. The van der Waals surface area contributed by atoms with Crippen molar-refractivity contribution in [3.8, 4) is 5.75 Å². The Morgan fingerprint density at radius 1 is 1.06 bits per heavy atom. The summed E-state index contributed by atoms with van der Waals surface area (Å²) >= 11 is 0. The van der Waals surface area contributed by atoms with E-state index in [2.05, 4.69) is 5.32 Å². The van der Waals surface area contributed by atoms with Crippen molar-refractivity contribution in [2.45, 2.75) is 26.3 Å². The van der Waals surface area contributed by atoms with Crippen molar-refractivity contribution >= 4 is 16.9 Å². The van der Waals surface area contributed by atoms with Crippen LogP contribution in [-0.2, 0) is 0 Å². The fourth-order valence-corrected chi connectivity index (χ4v) is 1.67. The van der Waals surface area contributed by atoms with Crippen LogP contribution in [0.2, 0.25) is 0 Å². The maximum absolute atomic E-state index is 11.6. The Hall–Kier alpha value is -2.03. The molecule has 0 radical (unpaired) electrons. The number of amides is 1. The van der Waals surface area contributed by atoms with Crippen LogP contribution >= 0.6 is 0 Å². The molecule has 0 atom stereocenters. The van der Waals surface area contributed by atoms with Gasteiger partial charge < -0.3 is 10.1 Å². The van der Waals surface area contributed by atoms with Crippen LogP contribution in [0, 0.1) is 0 Å². The molecule has 0 aliphatic heterocycles. The first-order valence-corrected chi connectivity index (χ1v) is 5.93. The van der Waals surface area contributed by atoms with Gasteiger partial charge in [-0.05, 0) is 43.7 Å². The number of ether oxygens (including phenoxy) is 1. The highest BCUT2D eigenvalue weighted by Crippen LogP contribution is 2.20. The molecule has 0 spiro atoms. The van der Waals surface area contributed by atoms with E-state index in [0.717, 1.165) is 10.8 Å². The van der Waals surface area contributed by atoms with Crippen LogP contribution in [0.15, 0.2) is 42.5 Å². The van der Waals surface area contributed by atoms with Gasteiger partial charge in [0, 0.05) is 5.54 Å². The first kappa shape index (κ1) is 12.4. The van der Waals surface area contributed by atoms with Gasteiger partial charge in [-0.2, -0.15) is 0 Å². The van der Waals surface area contributed by atoms with E-state index in [0.29, 0.717) is 5.75 Å². The molecule has 0 aliphatic rings. The lowest BCUT2D eigenvalue weighted by Gasteiger charge is -2.19. The summed E-state index contributed by atoms with van der Waals surface area (Å²) in [6.45, 7) is 5.73. The van der Waals surface area contributed by atoms with E-state index < -0.39 is 6.09 Å². The number of hydrogen-bond acceptors (Lipinski definition) is 2. The van der Waals surface area contributed by atoms with Gasteiger partial charge in [0.2, 0.25) is 0 Å². The Bertz CT molecular complexity index is 570. The fourth-order valence-electron chi connectivity index (χ4n) is 1.67. The van der Waals surface area contributed by atoms with Crippen molar-refractivity contribution in [1.29, 1.82) is 0 Å². The van der Waals surface area contributed by atoms with Crippen LogP contribution in [0.1, 0.15) is 20.8 Å². The summed E-state index contributed by atoms with van der Waals surface area (Å²) in [7, 11) is 0. The molecule has 0 unspecified atom stereocenters. The van der Waals surface area contributed by atoms with Crippen molar-refractivity contribution in [3.05, 3.63) is 42.5 Å². The van der Waals surface area contributed by atoms with Gasteiger partial charge in [0.1, 0.15) is 5.75 Å². The number of nitrogens with one attached hydrogen (secondary N) is 1. The number of hydrogen-bond donors (Lipinski definition) is 1. The molecule has 0 saturated heterocycles. The van der Waals surface area contributed by atoms with Crippen molar-refractivity contribution in [1.82, 2.24) is 5.32 Å². The molecule has 0 aromatic heterocycles. The largest absolute Gasteiger partial charge is 0.413 e. The summed E-state index contributed by atoms with van der Waals surface area (Å²) in [6, 6.07) is 13.5. The average Bonchev–Trinajstić information content (AvgIpc) is 2.26. The van der Waals surface area contributed by atoms with Crippen LogP contribution in [0.3, 0.4) is 0 Å². The highest BCUT2D eigenvalue weighted by molar-refractivity contribution is 5.84. The van der Waals surface area contributed by atoms with E-state index in [-0.39, 0.29) is 5.54 Å². The summed E-state index contributed by atoms with van der Waals surface area (Å²) in [6.07, 6.45) is -0.433. The Labute approximate surface area is 107 Å². The zero-order chi connectivity index (χ0) is 13.2. The van der Waals surface area contributed by atoms with Crippen molar-refractivity contribution in [3.63, 3.8) is 0 Å². The summed E-state index contributed by atoms with van der Waals surface area (Å²) < 4.78 is 5.25. The van der Waals surface area contributed by atoms with E-state index in [1.807, 2.05) is 57.2 Å². The molecule has 3 nitrogen and oxygen atoms in total. The molecular weight excluding hydrogens is 226 g/mol. The predicted octanol–water partition coefficient (Wildman–Crippen LogP) is 3.73. The quantitative estimate of drug-likeness (QED) is 0.828. The van der Waals surface area contributed by atoms with E-state index in [1.165, 1.54) is 0 Å². The van der Waals surface area contributed by atoms with Crippen molar-refractivity contribution in [2.24, 2.45) is 0 Å². The van der Waals surface area contributed by atoms with Crippen molar-refractivity contribution < 1.29 is 9.53 Å². The van der Waals surface area contributed by atoms with Gasteiger partial charge in [0.25, 0.3) is 0 Å². The second-order valence-electron chi connectivity index (χ2n) is 5.27. The zero-order valence-electron chi connectivity index (χ0n) is 10.9. The lowest BCUT2D eigenvalue weighted by molar-refractivity contribution is 0.190. The molecule has 1 N–H and O–H groups in total. The fraction of sp³-hybridized carbons (Fsp3) is 0.267. The summed E-state index contributed by atoms with van der Waals surface area (Å²) in [5, 5.41) is 4.93. The van der Waals surface area contributed by atoms with Gasteiger partial charge in [-0.25, -0.2) is 4.79 Å². The first-order chi connectivity index (χ1) is 8.44. The third-order valence-corrected chi connectivity index (χ3v) is 2.41. The summed E-state index contributed by atoms with van der Waals surface area (Å²) in [5.74, 6) is 0.551. The molecule has 3 heteroatoms. The molecule has 0 saturated carbocycles. The van der Waals surface area contributed by atoms with Gasteiger partial charge in [0.15, 0.2) is 0 Å².